The van der Waals surface area contributed by atoms with Crippen molar-refractivity contribution < 1.29 is 18.0 Å². The quantitative estimate of drug-likeness (QED) is 0.905. The van der Waals surface area contributed by atoms with Gasteiger partial charge in [-0.1, -0.05) is 0 Å². The molecule has 0 aliphatic rings. The number of nitrogens with two attached hydrogens (primary N) is 1. The molecule has 0 fully saturated rings. The van der Waals surface area contributed by atoms with Gasteiger partial charge in [-0.3, -0.25) is 4.79 Å². The minimum Gasteiger partial charge on any atom is -0.366 e. The van der Waals surface area contributed by atoms with E-state index in [1.165, 1.54) is 24.4 Å². The van der Waals surface area contributed by atoms with Gasteiger partial charge in [0.05, 0.1) is 17.4 Å². The fourth-order valence-electron chi connectivity index (χ4n) is 1.40. The lowest BCUT2D eigenvalue weighted by molar-refractivity contribution is -0.141. The van der Waals surface area contributed by atoms with E-state index in [2.05, 4.69) is 15.3 Å². The number of hydrogen-bond donors (Lipinski definition) is 2. The number of alkyl halides is 3. The summed E-state index contributed by atoms with van der Waals surface area (Å²) >= 11 is 0. The highest BCUT2D eigenvalue weighted by atomic mass is 19.4. The molecule has 0 aliphatic carbocycles. The van der Waals surface area contributed by atoms with Gasteiger partial charge in [-0.25, -0.2) is 9.97 Å². The summed E-state index contributed by atoms with van der Waals surface area (Å²) < 4.78 is 37.0. The molecule has 0 aliphatic heterocycles. The van der Waals surface area contributed by atoms with Gasteiger partial charge in [-0.15, -0.1) is 0 Å². The molecule has 2 aromatic rings. The van der Waals surface area contributed by atoms with Crippen LogP contribution in [-0.2, 0) is 6.18 Å². The van der Waals surface area contributed by atoms with Crippen molar-refractivity contribution in [2.45, 2.75) is 6.18 Å². The van der Waals surface area contributed by atoms with E-state index in [1.54, 1.807) is 0 Å². The molecule has 2 aromatic heterocycles. The summed E-state index contributed by atoms with van der Waals surface area (Å²) in [4.78, 5) is 18.1. The Bertz CT molecular complexity index is 608. The van der Waals surface area contributed by atoms with Gasteiger partial charge in [-0.2, -0.15) is 13.2 Å². The molecule has 8 heteroatoms. The van der Waals surface area contributed by atoms with Gasteiger partial charge >= 0.3 is 6.18 Å². The normalized spacial score (nSPS) is 11.2. The van der Waals surface area contributed by atoms with Crippen LogP contribution in [0.5, 0.6) is 0 Å². The van der Waals surface area contributed by atoms with Crippen LogP contribution in [-0.4, -0.2) is 15.9 Å². The molecule has 0 spiro atoms. The zero-order valence-electron chi connectivity index (χ0n) is 9.98. The summed E-state index contributed by atoms with van der Waals surface area (Å²) in [5.74, 6) is -0.253. The number of halogens is 3. The third-order valence-corrected chi connectivity index (χ3v) is 2.37. The molecule has 0 saturated heterocycles. The summed E-state index contributed by atoms with van der Waals surface area (Å²) in [6.07, 6.45) is -2.16. The van der Waals surface area contributed by atoms with E-state index in [9.17, 15) is 18.0 Å². The molecule has 0 saturated carbocycles. The monoisotopic (exact) mass is 282 g/mol. The Kier molecular flexibility index (Phi) is 3.55. The largest absolute Gasteiger partial charge is 0.433 e. The first-order valence-corrected chi connectivity index (χ1v) is 5.42. The van der Waals surface area contributed by atoms with Gasteiger partial charge in [0.1, 0.15) is 11.5 Å². The molecule has 20 heavy (non-hydrogen) atoms. The van der Waals surface area contributed by atoms with E-state index < -0.39 is 17.8 Å². The minimum atomic E-state index is -4.47. The van der Waals surface area contributed by atoms with Crippen LogP contribution in [0, 0.1) is 0 Å². The van der Waals surface area contributed by atoms with E-state index in [0.717, 1.165) is 12.3 Å². The van der Waals surface area contributed by atoms with E-state index in [1.807, 2.05) is 0 Å². The van der Waals surface area contributed by atoms with Crippen molar-refractivity contribution >= 4 is 17.4 Å². The first-order chi connectivity index (χ1) is 9.36. The lowest BCUT2D eigenvalue weighted by Gasteiger charge is -2.08. The first kappa shape index (κ1) is 13.8. The van der Waals surface area contributed by atoms with Crippen LogP contribution in [0.1, 0.15) is 16.1 Å². The Hall–Kier alpha value is -2.64. The van der Waals surface area contributed by atoms with Gasteiger partial charge in [-0.05, 0) is 24.3 Å². The van der Waals surface area contributed by atoms with Crippen LogP contribution >= 0.6 is 0 Å². The van der Waals surface area contributed by atoms with Crippen LogP contribution < -0.4 is 11.1 Å². The second-order valence-corrected chi connectivity index (χ2v) is 3.85. The molecule has 104 valence electrons. The van der Waals surface area contributed by atoms with E-state index >= 15 is 0 Å². The van der Waals surface area contributed by atoms with Crippen molar-refractivity contribution in [1.82, 2.24) is 9.97 Å². The lowest BCUT2D eigenvalue weighted by atomic mass is 10.2. The van der Waals surface area contributed by atoms with Gasteiger partial charge < -0.3 is 11.1 Å². The predicted molar refractivity (Wildman–Crippen MR) is 65.3 cm³/mol. The Morgan fingerprint density at radius 1 is 1.10 bits per heavy atom. The summed E-state index contributed by atoms with van der Waals surface area (Å²) in [6.45, 7) is 0. The highest BCUT2D eigenvalue weighted by Crippen LogP contribution is 2.28. The summed E-state index contributed by atoms with van der Waals surface area (Å²) in [7, 11) is 0. The molecule has 0 unspecified atom stereocenters. The maximum Gasteiger partial charge on any atom is 0.433 e. The number of hydrogen-bond acceptors (Lipinski definition) is 4. The number of carbonyl (C=O) groups excluding carboxylic acids is 1. The van der Waals surface area contributed by atoms with Gasteiger partial charge in [0.15, 0.2) is 0 Å². The lowest BCUT2D eigenvalue weighted by Crippen LogP contribution is -2.11. The number of anilines is 2. The smallest absolute Gasteiger partial charge is 0.366 e. The third kappa shape index (κ3) is 3.22. The van der Waals surface area contributed by atoms with Crippen LogP contribution in [0.25, 0.3) is 0 Å². The number of primary amides is 1. The molecular weight excluding hydrogens is 273 g/mol. The molecule has 1 amide bonds. The van der Waals surface area contributed by atoms with Crippen LogP contribution in [0.15, 0.2) is 36.7 Å². The number of aromatic nitrogens is 2. The number of rotatable bonds is 3. The Labute approximate surface area is 111 Å². The highest BCUT2D eigenvalue weighted by Gasteiger charge is 2.31. The van der Waals surface area contributed by atoms with Crippen molar-refractivity contribution in [2.75, 3.05) is 5.32 Å². The third-order valence-electron chi connectivity index (χ3n) is 2.37. The molecule has 2 rings (SSSR count). The zero-order chi connectivity index (χ0) is 14.8. The number of amides is 1. The average Bonchev–Trinajstić information content (AvgIpc) is 2.39. The molecule has 3 N–H and O–H groups in total. The van der Waals surface area contributed by atoms with Crippen LogP contribution in [0.2, 0.25) is 0 Å². The fraction of sp³-hybridized carbons (Fsp3) is 0.0833. The van der Waals surface area contributed by atoms with Crippen molar-refractivity contribution in [3.05, 3.63) is 47.9 Å². The van der Waals surface area contributed by atoms with Crippen molar-refractivity contribution in [3.63, 3.8) is 0 Å². The number of pyridine rings is 2. The second kappa shape index (κ2) is 5.16. The molecule has 0 radical (unpaired) electrons. The molecule has 5 nitrogen and oxygen atoms in total. The number of nitrogens with zero attached hydrogens (tertiary/aromatic N) is 2. The maximum atomic E-state index is 12.3. The van der Waals surface area contributed by atoms with Gasteiger partial charge in [0, 0.05) is 6.20 Å². The molecule has 2 heterocycles. The van der Waals surface area contributed by atoms with Crippen LogP contribution in [0.4, 0.5) is 24.7 Å². The topological polar surface area (TPSA) is 80.9 Å². The summed E-state index contributed by atoms with van der Waals surface area (Å²) in [6, 6.07) is 5.03. The highest BCUT2D eigenvalue weighted by molar-refractivity contribution is 5.92. The molecule has 0 atom stereocenters. The predicted octanol–water partition coefficient (Wildman–Crippen LogP) is 2.34. The number of nitrogens with one attached hydrogen (secondary N) is 1. The Balaban J connectivity index is 2.12. The van der Waals surface area contributed by atoms with E-state index in [-0.39, 0.29) is 5.56 Å². The molecule has 0 bridgehead atoms. The van der Waals surface area contributed by atoms with E-state index in [0.29, 0.717) is 11.5 Å². The zero-order valence-corrected chi connectivity index (χ0v) is 9.98. The Morgan fingerprint density at radius 2 is 1.85 bits per heavy atom. The molecule has 0 aromatic carbocycles. The van der Waals surface area contributed by atoms with Gasteiger partial charge in [0.25, 0.3) is 0 Å². The molecular formula is C12H9F3N4O. The maximum absolute atomic E-state index is 12.3. The SMILES string of the molecule is NC(=O)c1ccc(Nc2ccc(C(F)(F)F)nc2)nc1. The fourth-order valence-corrected chi connectivity index (χ4v) is 1.40. The number of carbonyl (C=O) groups is 1. The average molecular weight is 282 g/mol. The Morgan fingerprint density at radius 3 is 2.30 bits per heavy atom. The van der Waals surface area contributed by atoms with E-state index in [4.69, 9.17) is 5.73 Å². The summed E-state index contributed by atoms with van der Waals surface area (Å²) in [5.41, 5.74) is 4.67. The van der Waals surface area contributed by atoms with Crippen molar-refractivity contribution in [2.24, 2.45) is 5.73 Å². The summed E-state index contributed by atoms with van der Waals surface area (Å²) in [5, 5.41) is 2.76. The van der Waals surface area contributed by atoms with Crippen molar-refractivity contribution in [1.29, 1.82) is 0 Å². The first-order valence-electron chi connectivity index (χ1n) is 5.42. The standard InChI is InChI=1S/C12H9F3N4O/c13-12(14,15)9-3-2-8(6-17-9)19-10-4-1-7(5-18-10)11(16)20/h1-6H,(H2,16,20)(H,18,19). The second-order valence-electron chi connectivity index (χ2n) is 3.85. The van der Waals surface area contributed by atoms with Gasteiger partial charge in [0.2, 0.25) is 5.91 Å². The minimum absolute atomic E-state index is 0.237. The van der Waals surface area contributed by atoms with Crippen molar-refractivity contribution in [3.8, 4) is 0 Å². The van der Waals surface area contributed by atoms with Crippen LogP contribution in [0.3, 0.4) is 0 Å².